The number of hydrogen-bond donors (Lipinski definition) is 0. The van der Waals surface area contributed by atoms with Crippen LogP contribution < -0.4 is 0 Å². The maximum absolute atomic E-state index is 12.7. The third-order valence-electron chi connectivity index (χ3n) is 2.35. The van der Waals surface area contributed by atoms with E-state index in [-0.39, 0.29) is 5.56 Å². The fourth-order valence-corrected chi connectivity index (χ4v) is 3.33. The first kappa shape index (κ1) is 12.6. The van der Waals surface area contributed by atoms with E-state index >= 15 is 0 Å². The summed E-state index contributed by atoms with van der Waals surface area (Å²) in [6, 6.07) is 4.71. The summed E-state index contributed by atoms with van der Waals surface area (Å²) in [5, 5.41) is 2.69. The van der Waals surface area contributed by atoms with E-state index in [1.54, 1.807) is 6.07 Å². The summed E-state index contributed by atoms with van der Waals surface area (Å²) >= 11 is 2.45. The van der Waals surface area contributed by atoms with Crippen LogP contribution in [0, 0.1) is 6.07 Å². The van der Waals surface area contributed by atoms with Gasteiger partial charge in [0.1, 0.15) is 0 Å². The van der Waals surface area contributed by atoms with Crippen molar-refractivity contribution in [2.24, 2.45) is 0 Å². The van der Waals surface area contributed by atoms with Crippen molar-refractivity contribution in [1.29, 1.82) is 0 Å². The largest absolute Gasteiger partial charge is 0.417 e. The van der Waals surface area contributed by atoms with Crippen LogP contribution in [0.4, 0.5) is 13.2 Å². The first-order valence-corrected chi connectivity index (χ1v) is 6.80. The third kappa shape index (κ3) is 2.55. The van der Waals surface area contributed by atoms with Crippen LogP contribution in [0.5, 0.6) is 0 Å². The molecule has 5 heteroatoms. The number of rotatable bonds is 2. The van der Waals surface area contributed by atoms with Gasteiger partial charge in [-0.15, -0.1) is 11.3 Å². The van der Waals surface area contributed by atoms with E-state index in [2.05, 4.69) is 6.07 Å². The lowest BCUT2D eigenvalue weighted by atomic mass is 10.1. The summed E-state index contributed by atoms with van der Waals surface area (Å²) < 4.78 is 38.2. The van der Waals surface area contributed by atoms with Gasteiger partial charge in [0.2, 0.25) is 0 Å². The van der Waals surface area contributed by atoms with Gasteiger partial charge in [-0.1, -0.05) is 13.8 Å². The molecule has 0 atom stereocenters. The molecule has 2 heterocycles. The summed E-state index contributed by atoms with van der Waals surface area (Å²) in [4.78, 5) is 1.63. The van der Waals surface area contributed by atoms with Gasteiger partial charge in [-0.2, -0.15) is 24.5 Å². The van der Waals surface area contributed by atoms with Crippen LogP contribution in [0.2, 0.25) is 0 Å². The quantitative estimate of drug-likeness (QED) is 0.686. The Kier molecular flexibility index (Phi) is 3.32. The van der Waals surface area contributed by atoms with Crippen LogP contribution in [-0.4, -0.2) is 0 Å². The van der Waals surface area contributed by atoms with Crippen LogP contribution in [0.3, 0.4) is 0 Å². The highest BCUT2D eigenvalue weighted by atomic mass is 32.1. The van der Waals surface area contributed by atoms with E-state index in [4.69, 9.17) is 0 Å². The van der Waals surface area contributed by atoms with Crippen molar-refractivity contribution in [3.05, 3.63) is 33.3 Å². The molecule has 0 N–H and O–H groups in total. The molecule has 2 aromatic rings. The molecule has 0 fully saturated rings. The number of halogens is 3. The second kappa shape index (κ2) is 4.46. The predicted molar refractivity (Wildman–Crippen MR) is 65.6 cm³/mol. The fourth-order valence-electron chi connectivity index (χ4n) is 1.42. The van der Waals surface area contributed by atoms with Gasteiger partial charge >= 0.3 is 6.18 Å². The Bertz CT molecular complexity index is 506. The second-order valence-electron chi connectivity index (χ2n) is 3.97. The first-order chi connectivity index (χ1) is 7.89. The van der Waals surface area contributed by atoms with Crippen LogP contribution in [0.1, 0.15) is 30.2 Å². The average molecular weight is 275 g/mol. The molecule has 0 bridgehead atoms. The zero-order chi connectivity index (χ0) is 12.6. The third-order valence-corrected chi connectivity index (χ3v) is 4.46. The predicted octanol–water partition coefficient (Wildman–Crippen LogP) is 5.42. The average Bonchev–Trinajstić information content (AvgIpc) is 2.85. The number of thiophene rings is 2. The molecule has 2 aromatic heterocycles. The Morgan fingerprint density at radius 2 is 1.94 bits per heavy atom. The molecule has 0 saturated carbocycles. The van der Waals surface area contributed by atoms with Crippen molar-refractivity contribution in [3.63, 3.8) is 0 Å². The maximum Gasteiger partial charge on any atom is 0.417 e. The normalized spacial score (nSPS) is 12.4. The molecule has 2 rings (SSSR count). The molecule has 17 heavy (non-hydrogen) atoms. The molecule has 0 nitrogen and oxygen atoms in total. The van der Waals surface area contributed by atoms with Crippen molar-refractivity contribution in [2.75, 3.05) is 0 Å². The van der Waals surface area contributed by atoms with Crippen LogP contribution in [0.25, 0.3) is 10.4 Å². The molecule has 0 unspecified atom stereocenters. The van der Waals surface area contributed by atoms with E-state index in [0.29, 0.717) is 10.8 Å². The highest BCUT2D eigenvalue weighted by Gasteiger charge is 2.34. The Labute approximate surface area is 106 Å². The van der Waals surface area contributed by atoms with Gasteiger partial charge in [0.05, 0.1) is 5.56 Å². The van der Waals surface area contributed by atoms with E-state index < -0.39 is 11.7 Å². The van der Waals surface area contributed by atoms with Gasteiger partial charge in [0.15, 0.2) is 0 Å². The number of alkyl halides is 3. The van der Waals surface area contributed by atoms with E-state index in [9.17, 15) is 13.2 Å². The number of hydrogen-bond acceptors (Lipinski definition) is 2. The summed E-state index contributed by atoms with van der Waals surface area (Å²) in [6.45, 7) is 4.03. The SMILES string of the molecule is CC(C)c1c[c]c(-c2cscc2C(F)(F)F)s1. The van der Waals surface area contributed by atoms with Crippen LogP contribution >= 0.6 is 22.7 Å². The minimum absolute atomic E-state index is 0.249. The molecule has 0 aromatic carbocycles. The summed E-state index contributed by atoms with van der Waals surface area (Å²) in [5.74, 6) is 0.318. The van der Waals surface area contributed by atoms with Crippen molar-refractivity contribution >= 4 is 22.7 Å². The molecule has 1 radical (unpaired) electrons. The Morgan fingerprint density at radius 3 is 2.47 bits per heavy atom. The molecule has 0 aliphatic rings. The lowest BCUT2D eigenvalue weighted by Crippen LogP contribution is -2.04. The van der Waals surface area contributed by atoms with Gasteiger partial charge in [-0.25, -0.2) is 0 Å². The maximum atomic E-state index is 12.7. The van der Waals surface area contributed by atoms with Gasteiger partial charge in [0, 0.05) is 26.8 Å². The van der Waals surface area contributed by atoms with Gasteiger partial charge < -0.3 is 0 Å². The monoisotopic (exact) mass is 275 g/mol. The topological polar surface area (TPSA) is 0 Å². The molecular formula is C12H10F3S2. The van der Waals surface area contributed by atoms with Gasteiger partial charge in [-0.3, -0.25) is 0 Å². The summed E-state index contributed by atoms with van der Waals surface area (Å²) in [7, 11) is 0. The molecular weight excluding hydrogens is 265 g/mol. The van der Waals surface area contributed by atoms with Crippen molar-refractivity contribution < 1.29 is 13.2 Å². The minimum atomic E-state index is -4.29. The Morgan fingerprint density at radius 1 is 1.24 bits per heavy atom. The lowest BCUT2D eigenvalue weighted by Gasteiger charge is -2.06. The van der Waals surface area contributed by atoms with Crippen molar-refractivity contribution in [3.8, 4) is 10.4 Å². The first-order valence-electron chi connectivity index (χ1n) is 5.04. The standard InChI is InChI=1S/C12H10F3S2/c1-7(2)10-3-4-11(17-10)8-5-16-6-9(8)12(13,14)15/h3,5-7H,1-2H3. The minimum Gasteiger partial charge on any atom is -0.166 e. The lowest BCUT2D eigenvalue weighted by molar-refractivity contribution is -0.136. The summed E-state index contributed by atoms with van der Waals surface area (Å²) in [5.41, 5.74) is -0.310. The van der Waals surface area contributed by atoms with Crippen molar-refractivity contribution in [1.82, 2.24) is 0 Å². The Hall–Kier alpha value is -0.810. The molecule has 0 saturated heterocycles. The molecule has 0 aliphatic carbocycles. The highest BCUT2D eigenvalue weighted by Crippen LogP contribution is 2.42. The van der Waals surface area contributed by atoms with E-state index in [1.165, 1.54) is 16.7 Å². The van der Waals surface area contributed by atoms with E-state index in [1.807, 2.05) is 13.8 Å². The smallest absolute Gasteiger partial charge is 0.166 e. The van der Waals surface area contributed by atoms with Crippen molar-refractivity contribution in [2.45, 2.75) is 25.9 Å². The van der Waals surface area contributed by atoms with Gasteiger partial charge in [-0.05, 0) is 17.4 Å². The zero-order valence-electron chi connectivity index (χ0n) is 9.26. The summed E-state index contributed by atoms with van der Waals surface area (Å²) in [6.07, 6.45) is -4.29. The van der Waals surface area contributed by atoms with Crippen LogP contribution in [0.15, 0.2) is 16.8 Å². The fraction of sp³-hybridized carbons (Fsp3) is 0.333. The Balaban J connectivity index is 2.43. The molecule has 0 spiro atoms. The van der Waals surface area contributed by atoms with Crippen LogP contribution in [-0.2, 0) is 6.18 Å². The molecule has 0 amide bonds. The molecule has 0 aliphatic heterocycles. The zero-order valence-corrected chi connectivity index (χ0v) is 10.9. The second-order valence-corrected chi connectivity index (χ2v) is 5.80. The van der Waals surface area contributed by atoms with E-state index in [0.717, 1.165) is 21.6 Å². The highest BCUT2D eigenvalue weighted by molar-refractivity contribution is 7.16. The molecule has 91 valence electrons. The van der Waals surface area contributed by atoms with Gasteiger partial charge in [0.25, 0.3) is 0 Å².